The zero-order valence-corrected chi connectivity index (χ0v) is 13.1. The van der Waals surface area contributed by atoms with Crippen molar-refractivity contribution >= 4 is 5.82 Å². The number of anilines is 1. The van der Waals surface area contributed by atoms with Crippen LogP contribution in [0.5, 0.6) is 0 Å². The van der Waals surface area contributed by atoms with Gasteiger partial charge in [0.05, 0.1) is 0 Å². The van der Waals surface area contributed by atoms with Crippen LogP contribution in [0.1, 0.15) is 43.6 Å². The van der Waals surface area contributed by atoms with Crippen molar-refractivity contribution in [3.63, 3.8) is 0 Å². The Morgan fingerprint density at radius 3 is 2.81 bits per heavy atom. The Labute approximate surface area is 126 Å². The third kappa shape index (κ3) is 3.19. The fourth-order valence-corrected chi connectivity index (χ4v) is 3.79. The number of aromatic nitrogens is 2. The first-order valence-corrected chi connectivity index (χ1v) is 8.00. The summed E-state index contributed by atoms with van der Waals surface area (Å²) in [5.74, 6) is 1.31. The maximum Gasteiger partial charge on any atom is 0.156 e. The van der Waals surface area contributed by atoms with Gasteiger partial charge in [0, 0.05) is 30.9 Å². The number of nitrogens with zero attached hydrogens (tertiary/aromatic N) is 3. The van der Waals surface area contributed by atoms with Gasteiger partial charge >= 0.3 is 0 Å². The van der Waals surface area contributed by atoms with E-state index in [1.165, 1.54) is 38.6 Å². The van der Waals surface area contributed by atoms with E-state index in [4.69, 9.17) is 0 Å². The van der Waals surface area contributed by atoms with Crippen molar-refractivity contribution in [3.8, 4) is 0 Å². The molecule has 2 aliphatic rings. The average molecular weight is 290 g/mol. The fraction of sp³-hybridized carbons (Fsp3) is 0.750. The molecule has 1 aliphatic heterocycles. The van der Waals surface area contributed by atoms with E-state index in [0.29, 0.717) is 17.3 Å². The van der Waals surface area contributed by atoms with Gasteiger partial charge in [0.2, 0.25) is 0 Å². The van der Waals surface area contributed by atoms with Crippen LogP contribution in [-0.4, -0.2) is 46.2 Å². The number of aliphatic hydroxyl groups excluding tert-OH is 1. The topological polar surface area (TPSA) is 61.3 Å². The van der Waals surface area contributed by atoms with Crippen LogP contribution in [0.2, 0.25) is 0 Å². The molecule has 2 fully saturated rings. The van der Waals surface area contributed by atoms with Crippen LogP contribution in [0, 0.1) is 12.3 Å². The lowest BCUT2D eigenvalue weighted by atomic mass is 9.63. The Hall–Kier alpha value is -1.20. The Bertz CT molecular complexity index is 501. The van der Waals surface area contributed by atoms with E-state index in [2.05, 4.69) is 27.2 Å². The molecular formula is C16H26N4O. The summed E-state index contributed by atoms with van der Waals surface area (Å²) < 4.78 is 0. The van der Waals surface area contributed by atoms with Crippen LogP contribution in [-0.2, 0) is 6.61 Å². The molecule has 0 aromatic carbocycles. The van der Waals surface area contributed by atoms with Crippen LogP contribution in [0.4, 0.5) is 5.82 Å². The van der Waals surface area contributed by atoms with Crippen LogP contribution in [0.25, 0.3) is 0 Å². The summed E-state index contributed by atoms with van der Waals surface area (Å²) >= 11 is 0. The minimum absolute atomic E-state index is 0.109. The SMILES string of the molecule is Cc1cc(NCC2CCC3(CCC3)CN2C)nc(CO)n1. The summed E-state index contributed by atoms with van der Waals surface area (Å²) in [6.45, 7) is 3.97. The molecule has 1 saturated carbocycles. The lowest BCUT2D eigenvalue weighted by Crippen LogP contribution is -2.51. The summed E-state index contributed by atoms with van der Waals surface area (Å²) in [6.07, 6.45) is 6.89. The van der Waals surface area contributed by atoms with Crippen molar-refractivity contribution in [2.75, 3.05) is 25.5 Å². The molecule has 1 atom stereocenters. The summed E-state index contributed by atoms with van der Waals surface area (Å²) in [7, 11) is 2.25. The number of hydrogen-bond donors (Lipinski definition) is 2. The maximum absolute atomic E-state index is 9.18. The molecule has 1 aromatic heterocycles. The molecule has 0 bridgehead atoms. The zero-order chi connectivity index (χ0) is 14.9. The van der Waals surface area contributed by atoms with E-state index >= 15 is 0 Å². The molecule has 1 aromatic rings. The van der Waals surface area contributed by atoms with Crippen molar-refractivity contribution in [3.05, 3.63) is 17.6 Å². The average Bonchev–Trinajstić information content (AvgIpc) is 2.43. The molecule has 0 amide bonds. The summed E-state index contributed by atoms with van der Waals surface area (Å²) in [6, 6.07) is 2.51. The van der Waals surface area contributed by atoms with E-state index in [1.807, 2.05) is 13.0 Å². The second kappa shape index (κ2) is 5.89. The number of aliphatic hydroxyl groups is 1. The van der Waals surface area contributed by atoms with Gasteiger partial charge in [-0.15, -0.1) is 0 Å². The molecule has 0 radical (unpaired) electrons. The molecule has 116 valence electrons. The van der Waals surface area contributed by atoms with Crippen LogP contribution in [0.15, 0.2) is 6.07 Å². The number of piperidine rings is 1. The largest absolute Gasteiger partial charge is 0.388 e. The van der Waals surface area contributed by atoms with Gasteiger partial charge in [-0.25, -0.2) is 9.97 Å². The molecule has 1 spiro atoms. The van der Waals surface area contributed by atoms with Crippen molar-refractivity contribution in [1.82, 2.24) is 14.9 Å². The monoisotopic (exact) mass is 290 g/mol. The number of hydrogen-bond acceptors (Lipinski definition) is 5. The van der Waals surface area contributed by atoms with E-state index in [-0.39, 0.29) is 6.61 Å². The molecular weight excluding hydrogens is 264 g/mol. The Kier molecular flexibility index (Phi) is 4.13. The summed E-state index contributed by atoms with van der Waals surface area (Å²) in [5, 5.41) is 12.6. The number of likely N-dealkylation sites (tertiary alicyclic amines) is 1. The maximum atomic E-state index is 9.18. The van der Waals surface area contributed by atoms with E-state index < -0.39 is 0 Å². The molecule has 3 rings (SSSR count). The van der Waals surface area contributed by atoms with E-state index in [9.17, 15) is 5.11 Å². The Morgan fingerprint density at radius 1 is 1.38 bits per heavy atom. The van der Waals surface area contributed by atoms with Gasteiger partial charge in [-0.05, 0) is 45.1 Å². The smallest absolute Gasteiger partial charge is 0.156 e. The molecule has 5 nitrogen and oxygen atoms in total. The Morgan fingerprint density at radius 2 is 2.19 bits per heavy atom. The van der Waals surface area contributed by atoms with Gasteiger partial charge in [-0.1, -0.05) is 6.42 Å². The summed E-state index contributed by atoms with van der Waals surface area (Å²) in [4.78, 5) is 11.0. The number of rotatable bonds is 4. The molecule has 5 heteroatoms. The molecule has 1 saturated heterocycles. The van der Waals surface area contributed by atoms with Gasteiger partial charge < -0.3 is 15.3 Å². The molecule has 1 unspecified atom stereocenters. The molecule has 2 heterocycles. The standard InChI is InChI=1S/C16H26N4O/c1-12-8-14(19-15(10-21)18-12)17-9-13-4-7-16(5-3-6-16)11-20(13)2/h8,13,21H,3-7,9-11H2,1-2H3,(H,17,18,19). The normalized spacial score (nSPS) is 24.8. The van der Waals surface area contributed by atoms with Crippen LogP contribution in [0.3, 0.4) is 0 Å². The predicted molar refractivity (Wildman–Crippen MR) is 83.1 cm³/mol. The zero-order valence-electron chi connectivity index (χ0n) is 13.1. The van der Waals surface area contributed by atoms with Crippen molar-refractivity contribution in [1.29, 1.82) is 0 Å². The first kappa shape index (κ1) is 14.7. The lowest BCUT2D eigenvalue weighted by molar-refractivity contribution is 0.00578. The van der Waals surface area contributed by atoms with Gasteiger partial charge in [0.15, 0.2) is 5.82 Å². The van der Waals surface area contributed by atoms with E-state index in [1.54, 1.807) is 0 Å². The highest BCUT2D eigenvalue weighted by Crippen LogP contribution is 2.48. The third-order valence-electron chi connectivity index (χ3n) is 5.19. The number of likely N-dealkylation sites (N-methyl/N-ethyl adjacent to an activating group) is 1. The third-order valence-corrected chi connectivity index (χ3v) is 5.19. The van der Waals surface area contributed by atoms with Gasteiger partial charge in [-0.3, -0.25) is 0 Å². The van der Waals surface area contributed by atoms with Gasteiger partial charge in [-0.2, -0.15) is 0 Å². The van der Waals surface area contributed by atoms with Crippen molar-refractivity contribution < 1.29 is 5.11 Å². The molecule has 1 aliphatic carbocycles. The minimum Gasteiger partial charge on any atom is -0.388 e. The summed E-state index contributed by atoms with van der Waals surface area (Å²) in [5.41, 5.74) is 1.53. The van der Waals surface area contributed by atoms with Gasteiger partial charge in [0.1, 0.15) is 12.4 Å². The van der Waals surface area contributed by atoms with Crippen molar-refractivity contribution in [2.24, 2.45) is 5.41 Å². The quantitative estimate of drug-likeness (QED) is 0.887. The Balaban J connectivity index is 1.56. The first-order chi connectivity index (χ1) is 10.1. The van der Waals surface area contributed by atoms with Crippen LogP contribution < -0.4 is 5.32 Å². The van der Waals surface area contributed by atoms with Gasteiger partial charge in [0.25, 0.3) is 0 Å². The van der Waals surface area contributed by atoms with E-state index in [0.717, 1.165) is 18.1 Å². The highest BCUT2D eigenvalue weighted by Gasteiger charge is 2.42. The van der Waals surface area contributed by atoms with Crippen molar-refractivity contribution in [2.45, 2.75) is 51.7 Å². The number of aryl methyl sites for hydroxylation is 1. The first-order valence-electron chi connectivity index (χ1n) is 8.00. The predicted octanol–water partition coefficient (Wildman–Crippen LogP) is 1.95. The second-order valence-corrected chi connectivity index (χ2v) is 6.81. The highest BCUT2D eigenvalue weighted by molar-refractivity contribution is 5.36. The second-order valence-electron chi connectivity index (χ2n) is 6.81. The van der Waals surface area contributed by atoms with Crippen LogP contribution >= 0.6 is 0 Å². The highest BCUT2D eigenvalue weighted by atomic mass is 16.3. The molecule has 21 heavy (non-hydrogen) atoms. The minimum atomic E-state index is -0.109. The fourth-order valence-electron chi connectivity index (χ4n) is 3.79. The lowest BCUT2D eigenvalue weighted by Gasteiger charge is -2.51. The number of nitrogens with one attached hydrogen (secondary N) is 1. The molecule has 2 N–H and O–H groups in total.